The van der Waals surface area contributed by atoms with E-state index in [9.17, 15) is 9.59 Å². The van der Waals surface area contributed by atoms with Crippen LogP contribution in [0, 0.1) is 5.92 Å². The minimum absolute atomic E-state index is 0.00717. The molecule has 32 heavy (non-hydrogen) atoms. The standard InChI is InChI=1S/C25H33N5O2/c1-26-25(27-14-12-23(31)28-17-21-10-6-3-7-11-21)29-18-22-16-24(32)30(19-22)15-13-20-8-4-2-5-9-20/h2-11,22H,12-19H2,1H3,(H,28,31)(H2,26,27,29). The Hall–Kier alpha value is -3.35. The zero-order valence-electron chi connectivity index (χ0n) is 18.7. The first-order valence-corrected chi connectivity index (χ1v) is 11.2. The number of hydrogen-bond acceptors (Lipinski definition) is 3. The number of rotatable bonds is 10. The third-order valence-electron chi connectivity index (χ3n) is 5.57. The molecule has 1 aliphatic heterocycles. The number of likely N-dealkylation sites (tertiary alicyclic amines) is 1. The smallest absolute Gasteiger partial charge is 0.223 e. The number of carbonyl (C=O) groups is 2. The molecule has 3 rings (SSSR count). The lowest BCUT2D eigenvalue weighted by molar-refractivity contribution is -0.127. The van der Waals surface area contributed by atoms with Gasteiger partial charge in [0.05, 0.1) is 0 Å². The van der Waals surface area contributed by atoms with Gasteiger partial charge in [0.1, 0.15) is 0 Å². The molecule has 7 heteroatoms. The SMILES string of the molecule is CN=C(NCCC(=O)NCc1ccccc1)NCC1CC(=O)N(CCc2ccccc2)C1. The van der Waals surface area contributed by atoms with E-state index >= 15 is 0 Å². The van der Waals surface area contributed by atoms with E-state index in [1.165, 1.54) is 5.56 Å². The highest BCUT2D eigenvalue weighted by molar-refractivity contribution is 5.82. The van der Waals surface area contributed by atoms with E-state index in [1.54, 1.807) is 7.05 Å². The van der Waals surface area contributed by atoms with E-state index in [0.29, 0.717) is 38.4 Å². The van der Waals surface area contributed by atoms with Crippen molar-refractivity contribution in [1.82, 2.24) is 20.9 Å². The molecule has 1 fully saturated rings. The summed E-state index contributed by atoms with van der Waals surface area (Å²) in [6, 6.07) is 20.1. The van der Waals surface area contributed by atoms with Crippen LogP contribution in [0.15, 0.2) is 65.7 Å². The fourth-order valence-electron chi connectivity index (χ4n) is 3.76. The van der Waals surface area contributed by atoms with Crippen molar-refractivity contribution in [2.45, 2.75) is 25.8 Å². The Morgan fingerprint density at radius 2 is 1.69 bits per heavy atom. The maximum absolute atomic E-state index is 12.3. The molecular weight excluding hydrogens is 402 g/mol. The number of aliphatic imine (C=N–C) groups is 1. The first-order valence-electron chi connectivity index (χ1n) is 11.2. The van der Waals surface area contributed by atoms with Gasteiger partial charge in [0.2, 0.25) is 11.8 Å². The number of nitrogens with zero attached hydrogens (tertiary/aromatic N) is 2. The summed E-state index contributed by atoms with van der Waals surface area (Å²) in [7, 11) is 1.71. The maximum Gasteiger partial charge on any atom is 0.223 e. The zero-order valence-corrected chi connectivity index (χ0v) is 18.7. The minimum atomic E-state index is -0.00717. The van der Waals surface area contributed by atoms with Crippen molar-refractivity contribution in [3.63, 3.8) is 0 Å². The van der Waals surface area contributed by atoms with Gasteiger partial charge < -0.3 is 20.9 Å². The molecule has 2 amide bonds. The first-order chi connectivity index (χ1) is 15.6. The summed E-state index contributed by atoms with van der Waals surface area (Å²) >= 11 is 0. The second kappa shape index (κ2) is 12.5. The quantitative estimate of drug-likeness (QED) is 0.393. The molecule has 0 spiro atoms. The van der Waals surface area contributed by atoms with Crippen molar-refractivity contribution >= 4 is 17.8 Å². The van der Waals surface area contributed by atoms with Gasteiger partial charge >= 0.3 is 0 Å². The van der Waals surface area contributed by atoms with Gasteiger partial charge in [-0.25, -0.2) is 0 Å². The number of amides is 2. The van der Waals surface area contributed by atoms with Crippen LogP contribution < -0.4 is 16.0 Å². The summed E-state index contributed by atoms with van der Waals surface area (Å²) in [5, 5.41) is 9.38. The number of benzene rings is 2. The molecule has 2 aromatic carbocycles. The Bertz CT molecular complexity index is 886. The molecule has 0 radical (unpaired) electrons. The molecule has 1 saturated heterocycles. The van der Waals surface area contributed by atoms with Crippen molar-refractivity contribution in [2.24, 2.45) is 10.9 Å². The van der Waals surface area contributed by atoms with Gasteiger partial charge in [-0.05, 0) is 17.5 Å². The first kappa shape index (κ1) is 23.3. The minimum Gasteiger partial charge on any atom is -0.356 e. The van der Waals surface area contributed by atoms with Gasteiger partial charge in [0.25, 0.3) is 0 Å². The van der Waals surface area contributed by atoms with Gasteiger partial charge in [-0.1, -0.05) is 60.7 Å². The van der Waals surface area contributed by atoms with Gasteiger partial charge in [-0.3, -0.25) is 14.6 Å². The second-order valence-electron chi connectivity index (χ2n) is 8.04. The average molecular weight is 436 g/mol. The highest BCUT2D eigenvalue weighted by atomic mass is 16.2. The van der Waals surface area contributed by atoms with Crippen LogP contribution in [0.3, 0.4) is 0 Å². The lowest BCUT2D eigenvalue weighted by atomic mass is 10.1. The van der Waals surface area contributed by atoms with E-state index in [0.717, 1.165) is 25.1 Å². The van der Waals surface area contributed by atoms with Crippen molar-refractivity contribution in [2.75, 3.05) is 33.2 Å². The molecule has 1 atom stereocenters. The molecule has 0 saturated carbocycles. The number of nitrogens with one attached hydrogen (secondary N) is 3. The highest BCUT2D eigenvalue weighted by Crippen LogP contribution is 2.17. The summed E-state index contributed by atoms with van der Waals surface area (Å²) in [4.78, 5) is 30.5. The predicted octanol–water partition coefficient (Wildman–Crippen LogP) is 1.95. The Kier molecular flexibility index (Phi) is 9.10. The normalized spacial score (nSPS) is 16.2. The highest BCUT2D eigenvalue weighted by Gasteiger charge is 2.29. The average Bonchev–Trinajstić information content (AvgIpc) is 3.19. The molecule has 1 aliphatic rings. The van der Waals surface area contributed by atoms with E-state index < -0.39 is 0 Å². The molecule has 2 aromatic rings. The van der Waals surface area contributed by atoms with Crippen LogP contribution in [0.5, 0.6) is 0 Å². The van der Waals surface area contributed by atoms with Crippen molar-refractivity contribution in [3.05, 3.63) is 71.8 Å². The van der Waals surface area contributed by atoms with Gasteiger partial charge in [0, 0.05) is 58.5 Å². The lowest BCUT2D eigenvalue weighted by Gasteiger charge is -2.18. The van der Waals surface area contributed by atoms with E-state index in [-0.39, 0.29) is 17.7 Å². The molecule has 0 bridgehead atoms. The fraction of sp³-hybridized carbons (Fsp3) is 0.400. The van der Waals surface area contributed by atoms with Crippen LogP contribution >= 0.6 is 0 Å². The summed E-state index contributed by atoms with van der Waals surface area (Å²) in [6.07, 6.45) is 1.80. The van der Waals surface area contributed by atoms with Gasteiger partial charge in [-0.2, -0.15) is 0 Å². The van der Waals surface area contributed by atoms with Crippen molar-refractivity contribution < 1.29 is 9.59 Å². The van der Waals surface area contributed by atoms with Crippen LogP contribution in [-0.2, 0) is 22.6 Å². The predicted molar refractivity (Wildman–Crippen MR) is 127 cm³/mol. The van der Waals surface area contributed by atoms with Crippen LogP contribution in [0.2, 0.25) is 0 Å². The number of carbonyl (C=O) groups excluding carboxylic acids is 2. The second-order valence-corrected chi connectivity index (χ2v) is 8.04. The third-order valence-corrected chi connectivity index (χ3v) is 5.57. The van der Waals surface area contributed by atoms with Gasteiger partial charge in [0.15, 0.2) is 5.96 Å². The fourth-order valence-corrected chi connectivity index (χ4v) is 3.76. The molecule has 0 aliphatic carbocycles. The third kappa shape index (κ3) is 7.72. The van der Waals surface area contributed by atoms with Crippen molar-refractivity contribution in [3.8, 4) is 0 Å². The Balaban J connectivity index is 1.31. The number of guanidine groups is 1. The molecule has 1 unspecified atom stereocenters. The summed E-state index contributed by atoms with van der Waals surface area (Å²) in [6.45, 7) is 3.21. The van der Waals surface area contributed by atoms with E-state index in [4.69, 9.17) is 0 Å². The Morgan fingerprint density at radius 3 is 2.38 bits per heavy atom. The van der Waals surface area contributed by atoms with Crippen molar-refractivity contribution in [1.29, 1.82) is 0 Å². The van der Waals surface area contributed by atoms with Crippen LogP contribution in [0.4, 0.5) is 0 Å². The van der Waals surface area contributed by atoms with Crippen LogP contribution in [0.25, 0.3) is 0 Å². The largest absolute Gasteiger partial charge is 0.356 e. The number of hydrogen-bond donors (Lipinski definition) is 3. The van der Waals surface area contributed by atoms with Crippen LogP contribution in [-0.4, -0.2) is 55.9 Å². The summed E-state index contributed by atoms with van der Waals surface area (Å²) < 4.78 is 0. The molecule has 0 aromatic heterocycles. The maximum atomic E-state index is 12.3. The van der Waals surface area contributed by atoms with E-state index in [2.05, 4.69) is 33.1 Å². The molecule has 1 heterocycles. The van der Waals surface area contributed by atoms with Gasteiger partial charge in [-0.15, -0.1) is 0 Å². The summed E-state index contributed by atoms with van der Waals surface area (Å²) in [5.41, 5.74) is 2.33. The lowest BCUT2D eigenvalue weighted by Crippen LogP contribution is -2.41. The Labute approximate surface area is 190 Å². The van der Waals surface area contributed by atoms with E-state index in [1.807, 2.05) is 53.4 Å². The zero-order chi connectivity index (χ0) is 22.6. The molecule has 3 N–H and O–H groups in total. The summed E-state index contributed by atoms with van der Waals surface area (Å²) in [5.74, 6) is 1.11. The van der Waals surface area contributed by atoms with Crippen LogP contribution in [0.1, 0.15) is 24.0 Å². The monoisotopic (exact) mass is 435 g/mol. The molecular formula is C25H33N5O2. The topological polar surface area (TPSA) is 85.8 Å². The Morgan fingerprint density at radius 1 is 1.00 bits per heavy atom. The molecule has 170 valence electrons. The molecule has 7 nitrogen and oxygen atoms in total.